The molecule has 2 aliphatic carbocycles. The third kappa shape index (κ3) is 3.25. The Labute approximate surface area is 178 Å². The molecule has 3 N–H and O–H groups in total. The van der Waals surface area contributed by atoms with Crippen molar-refractivity contribution in [2.24, 2.45) is 5.92 Å². The van der Waals surface area contributed by atoms with Crippen molar-refractivity contribution in [3.8, 4) is 0 Å². The molecule has 30 heavy (non-hydrogen) atoms. The van der Waals surface area contributed by atoms with Crippen molar-refractivity contribution < 1.29 is 9.59 Å². The summed E-state index contributed by atoms with van der Waals surface area (Å²) in [6.07, 6.45) is 7.75. The highest BCUT2D eigenvalue weighted by Gasteiger charge is 2.45. The summed E-state index contributed by atoms with van der Waals surface area (Å²) in [5.41, 5.74) is 0.0944. The van der Waals surface area contributed by atoms with Gasteiger partial charge in [-0.25, -0.2) is 4.98 Å². The highest BCUT2D eigenvalue weighted by Crippen LogP contribution is 2.38. The van der Waals surface area contributed by atoms with Gasteiger partial charge in [-0.05, 0) is 50.7 Å². The molecule has 3 aliphatic rings. The van der Waals surface area contributed by atoms with Crippen LogP contribution in [0.4, 0.5) is 17.2 Å². The third-order valence-corrected chi connectivity index (χ3v) is 6.35. The molecule has 0 atom stereocenters. The highest BCUT2D eigenvalue weighted by molar-refractivity contribution is 6.34. The highest BCUT2D eigenvalue weighted by atomic mass is 35.5. The molecule has 5 rings (SSSR count). The quantitative estimate of drug-likeness (QED) is 0.694. The van der Waals surface area contributed by atoms with Gasteiger partial charge in [-0.3, -0.25) is 19.0 Å². The molecule has 2 amide bonds. The summed E-state index contributed by atoms with van der Waals surface area (Å²) in [5.74, 6) is 0.147. The molecule has 1 aliphatic heterocycles. The number of hydrogen-bond donors (Lipinski definition) is 3. The number of nitrogens with one attached hydrogen (secondary N) is 3. The SMILES string of the molecule is O=C1NC2(CCCCC2)n2c1c(Cl)cc(Nc1ccnc(NC(=O)C3CC3)c1)c2=O. The minimum atomic E-state index is -0.704. The summed E-state index contributed by atoms with van der Waals surface area (Å²) in [6, 6.07) is 4.86. The molecule has 0 saturated heterocycles. The van der Waals surface area contributed by atoms with Crippen molar-refractivity contribution in [1.29, 1.82) is 0 Å². The number of halogens is 1. The molecule has 2 fully saturated rings. The van der Waals surface area contributed by atoms with Gasteiger partial charge in [0.15, 0.2) is 0 Å². The lowest BCUT2D eigenvalue weighted by molar-refractivity contribution is -0.117. The molecule has 0 radical (unpaired) electrons. The van der Waals surface area contributed by atoms with Crippen LogP contribution in [-0.4, -0.2) is 21.4 Å². The second-order valence-electron chi connectivity index (χ2n) is 8.26. The van der Waals surface area contributed by atoms with E-state index in [0.717, 1.165) is 32.1 Å². The summed E-state index contributed by atoms with van der Waals surface area (Å²) >= 11 is 6.42. The van der Waals surface area contributed by atoms with Crippen molar-refractivity contribution >= 4 is 40.6 Å². The molecular formula is C21H22ClN5O3. The van der Waals surface area contributed by atoms with Crippen LogP contribution >= 0.6 is 11.6 Å². The molecular weight excluding hydrogens is 406 g/mol. The second-order valence-corrected chi connectivity index (χ2v) is 8.67. The monoisotopic (exact) mass is 427 g/mol. The number of amides is 2. The summed E-state index contributed by atoms with van der Waals surface area (Å²) in [7, 11) is 0. The normalized spacial score (nSPS) is 19.3. The molecule has 3 heterocycles. The van der Waals surface area contributed by atoms with Crippen molar-refractivity contribution in [3.05, 3.63) is 45.5 Å². The maximum Gasteiger partial charge on any atom is 0.276 e. The molecule has 0 unspecified atom stereocenters. The summed E-state index contributed by atoms with van der Waals surface area (Å²) in [4.78, 5) is 42.1. The number of anilines is 3. The van der Waals surface area contributed by atoms with Gasteiger partial charge in [-0.1, -0.05) is 18.0 Å². The topological polar surface area (TPSA) is 105 Å². The lowest BCUT2D eigenvalue weighted by Gasteiger charge is -2.35. The van der Waals surface area contributed by atoms with Crippen LogP contribution < -0.4 is 21.5 Å². The fourth-order valence-corrected chi connectivity index (χ4v) is 4.69. The number of carbonyl (C=O) groups is 2. The second kappa shape index (κ2) is 7.12. The van der Waals surface area contributed by atoms with Crippen LogP contribution in [0.1, 0.15) is 55.4 Å². The zero-order chi connectivity index (χ0) is 20.9. The number of nitrogens with zero attached hydrogens (tertiary/aromatic N) is 2. The minimum Gasteiger partial charge on any atom is -0.351 e. The van der Waals surface area contributed by atoms with Gasteiger partial charge >= 0.3 is 0 Å². The van der Waals surface area contributed by atoms with Crippen LogP contribution in [0.15, 0.2) is 29.2 Å². The Balaban J connectivity index is 1.48. The van der Waals surface area contributed by atoms with Gasteiger partial charge < -0.3 is 16.0 Å². The van der Waals surface area contributed by atoms with Crippen molar-refractivity contribution in [2.45, 2.75) is 50.6 Å². The molecule has 2 aromatic heterocycles. The van der Waals surface area contributed by atoms with E-state index in [-0.39, 0.29) is 39.7 Å². The Kier molecular flexibility index (Phi) is 4.54. The van der Waals surface area contributed by atoms with E-state index in [2.05, 4.69) is 20.9 Å². The largest absolute Gasteiger partial charge is 0.351 e. The lowest BCUT2D eigenvalue weighted by Crippen LogP contribution is -2.48. The fourth-order valence-electron chi connectivity index (χ4n) is 4.41. The first kappa shape index (κ1) is 19.1. The summed E-state index contributed by atoms with van der Waals surface area (Å²) < 4.78 is 1.54. The van der Waals surface area contributed by atoms with E-state index in [4.69, 9.17) is 11.6 Å². The maximum absolute atomic E-state index is 13.4. The summed E-state index contributed by atoms with van der Waals surface area (Å²) in [5, 5.41) is 9.12. The number of fused-ring (bicyclic) bond motifs is 2. The Morgan fingerprint density at radius 2 is 1.97 bits per heavy atom. The van der Waals surface area contributed by atoms with E-state index in [9.17, 15) is 14.4 Å². The lowest BCUT2D eigenvalue weighted by atomic mass is 9.89. The minimum absolute atomic E-state index is 0.0379. The average molecular weight is 428 g/mol. The molecule has 2 saturated carbocycles. The van der Waals surface area contributed by atoms with Crippen LogP contribution in [-0.2, 0) is 10.5 Å². The zero-order valence-electron chi connectivity index (χ0n) is 16.3. The predicted molar refractivity (Wildman–Crippen MR) is 113 cm³/mol. The molecule has 2 aromatic rings. The number of carbonyl (C=O) groups excluding carboxylic acids is 2. The fraction of sp³-hybridized carbons (Fsp3) is 0.429. The Morgan fingerprint density at radius 3 is 2.70 bits per heavy atom. The Morgan fingerprint density at radius 1 is 1.20 bits per heavy atom. The van der Waals surface area contributed by atoms with Gasteiger partial charge in [-0.2, -0.15) is 0 Å². The van der Waals surface area contributed by atoms with Crippen LogP contribution in [0.3, 0.4) is 0 Å². The Bertz CT molecular complexity index is 1100. The first-order chi connectivity index (χ1) is 14.5. The summed E-state index contributed by atoms with van der Waals surface area (Å²) in [6.45, 7) is 0. The first-order valence-electron chi connectivity index (χ1n) is 10.3. The van der Waals surface area contributed by atoms with E-state index in [0.29, 0.717) is 24.3 Å². The van der Waals surface area contributed by atoms with Gasteiger partial charge in [0.1, 0.15) is 22.9 Å². The van der Waals surface area contributed by atoms with Crippen molar-refractivity contribution in [1.82, 2.24) is 14.9 Å². The molecule has 8 nitrogen and oxygen atoms in total. The number of pyridine rings is 2. The van der Waals surface area contributed by atoms with Crippen LogP contribution in [0.5, 0.6) is 0 Å². The van der Waals surface area contributed by atoms with Gasteiger partial charge in [-0.15, -0.1) is 0 Å². The van der Waals surface area contributed by atoms with Crippen molar-refractivity contribution in [2.75, 3.05) is 10.6 Å². The molecule has 0 aromatic carbocycles. The number of hydrogen-bond acceptors (Lipinski definition) is 5. The smallest absolute Gasteiger partial charge is 0.276 e. The van der Waals surface area contributed by atoms with Crippen LogP contribution in [0.25, 0.3) is 0 Å². The number of rotatable bonds is 4. The van der Waals surface area contributed by atoms with E-state index in [1.807, 2.05) is 0 Å². The van der Waals surface area contributed by atoms with Gasteiger partial charge in [0.05, 0.1) is 5.02 Å². The van der Waals surface area contributed by atoms with Gasteiger partial charge in [0, 0.05) is 23.9 Å². The zero-order valence-corrected chi connectivity index (χ0v) is 17.1. The van der Waals surface area contributed by atoms with Gasteiger partial charge in [0.25, 0.3) is 11.5 Å². The van der Waals surface area contributed by atoms with E-state index in [1.54, 1.807) is 18.3 Å². The molecule has 0 bridgehead atoms. The van der Waals surface area contributed by atoms with Crippen LogP contribution in [0, 0.1) is 5.92 Å². The Hall–Kier alpha value is -2.87. The van der Waals surface area contributed by atoms with Crippen LogP contribution in [0.2, 0.25) is 5.02 Å². The number of aromatic nitrogens is 2. The average Bonchev–Trinajstić information content (AvgIpc) is 3.52. The molecule has 1 spiro atoms. The maximum atomic E-state index is 13.4. The van der Waals surface area contributed by atoms with Gasteiger partial charge in [0.2, 0.25) is 5.91 Å². The molecule has 9 heteroatoms. The standard InChI is InChI=1S/C21H22ClN5O3/c22-14-11-15(24-13-6-9-23-16(10-13)25-18(28)12-4-5-12)20(30)27-17(14)19(29)26-21(27)7-2-1-3-8-21/h6,9-12H,1-5,7-8H2,(H,26,29)(H2,23,24,25,28). The van der Waals surface area contributed by atoms with E-state index >= 15 is 0 Å². The van der Waals surface area contributed by atoms with Crippen molar-refractivity contribution in [3.63, 3.8) is 0 Å². The van der Waals surface area contributed by atoms with E-state index < -0.39 is 5.66 Å². The molecule has 156 valence electrons. The predicted octanol–water partition coefficient (Wildman–Crippen LogP) is 3.35. The van der Waals surface area contributed by atoms with E-state index in [1.165, 1.54) is 10.6 Å². The first-order valence-corrected chi connectivity index (χ1v) is 10.7. The third-order valence-electron chi connectivity index (χ3n) is 6.06.